The molecule has 6 nitrogen and oxygen atoms in total. The van der Waals surface area contributed by atoms with Crippen molar-refractivity contribution in [2.24, 2.45) is 0 Å². The smallest absolute Gasteiger partial charge is 0.250 e. The van der Waals surface area contributed by atoms with Gasteiger partial charge in [-0.05, 0) is 32.0 Å². The zero-order chi connectivity index (χ0) is 15.5. The van der Waals surface area contributed by atoms with Crippen molar-refractivity contribution in [3.8, 4) is 0 Å². The van der Waals surface area contributed by atoms with Crippen LogP contribution in [0.15, 0.2) is 22.7 Å². The molecule has 0 bridgehead atoms. The summed E-state index contributed by atoms with van der Waals surface area (Å²) in [6, 6.07) is 1.37. The number of hydrogen-bond donors (Lipinski definition) is 3. The molecule has 3 N–H and O–H groups in total. The van der Waals surface area contributed by atoms with E-state index in [2.05, 4.69) is 20.0 Å². The van der Waals surface area contributed by atoms with Crippen molar-refractivity contribution >= 4 is 21.4 Å². The normalized spacial score (nSPS) is 13.5. The van der Waals surface area contributed by atoms with E-state index in [1.807, 2.05) is 20.9 Å². The number of aromatic amines is 1. The third kappa shape index (κ3) is 3.70. The molecule has 0 fully saturated rings. The van der Waals surface area contributed by atoms with Crippen LogP contribution in [0.25, 0.3) is 0 Å². The van der Waals surface area contributed by atoms with Gasteiger partial charge in [-0.15, -0.1) is 11.3 Å². The van der Waals surface area contributed by atoms with Gasteiger partial charge >= 0.3 is 0 Å². The van der Waals surface area contributed by atoms with Crippen molar-refractivity contribution in [1.29, 1.82) is 0 Å². The number of imidazole rings is 1. The van der Waals surface area contributed by atoms with E-state index in [0.717, 1.165) is 10.4 Å². The summed E-state index contributed by atoms with van der Waals surface area (Å²) in [5, 5.41) is 3.04. The molecule has 2 rings (SSSR count). The average molecular weight is 328 g/mol. The van der Waals surface area contributed by atoms with Crippen molar-refractivity contribution in [3.63, 3.8) is 0 Å². The fraction of sp³-hybridized carbons (Fsp3) is 0.462. The van der Waals surface area contributed by atoms with E-state index in [1.165, 1.54) is 11.3 Å². The van der Waals surface area contributed by atoms with Gasteiger partial charge in [-0.2, -0.15) is 4.72 Å². The highest BCUT2D eigenvalue weighted by molar-refractivity contribution is 7.91. The molecule has 2 aromatic heterocycles. The molecular formula is C13H20N4O2S2. The van der Waals surface area contributed by atoms with Crippen LogP contribution in [-0.4, -0.2) is 25.4 Å². The van der Waals surface area contributed by atoms with Crippen molar-refractivity contribution < 1.29 is 8.42 Å². The number of nitrogens with one attached hydrogen (secondary N) is 3. The van der Waals surface area contributed by atoms with Gasteiger partial charge in [-0.3, -0.25) is 0 Å². The Kier molecular flexibility index (Phi) is 5.15. The van der Waals surface area contributed by atoms with Crippen LogP contribution in [0.1, 0.15) is 35.7 Å². The monoisotopic (exact) mass is 328 g/mol. The molecule has 1 atom stereocenters. The molecule has 2 heterocycles. The lowest BCUT2D eigenvalue weighted by Gasteiger charge is -2.13. The Morgan fingerprint density at radius 1 is 1.48 bits per heavy atom. The molecule has 0 aliphatic rings. The van der Waals surface area contributed by atoms with Gasteiger partial charge in [0.2, 0.25) is 0 Å². The van der Waals surface area contributed by atoms with Gasteiger partial charge in [0.15, 0.2) is 0 Å². The standard InChI is InChI=1S/C13H20N4O2S2/c1-4-10(13-15-5-6-16-13)17-21(18,19)12-7-9(2)11(20-12)8-14-3/h5-7,10,14,17H,4,8H2,1-3H3,(H,15,16). The van der Waals surface area contributed by atoms with Crippen LogP contribution < -0.4 is 10.0 Å². The third-order valence-corrected chi connectivity index (χ3v) is 6.34. The molecule has 0 saturated heterocycles. The molecule has 0 aromatic carbocycles. The van der Waals surface area contributed by atoms with Gasteiger partial charge in [0, 0.05) is 23.8 Å². The summed E-state index contributed by atoms with van der Waals surface area (Å²) in [7, 11) is -1.69. The second-order valence-electron chi connectivity index (χ2n) is 4.76. The number of sulfonamides is 1. The Hall–Kier alpha value is -1.22. The van der Waals surface area contributed by atoms with Gasteiger partial charge in [0.25, 0.3) is 10.0 Å². The van der Waals surface area contributed by atoms with Crippen LogP contribution in [0.2, 0.25) is 0 Å². The van der Waals surface area contributed by atoms with E-state index in [4.69, 9.17) is 0 Å². The predicted octanol–water partition coefficient (Wildman–Crippen LogP) is 1.93. The molecule has 0 amide bonds. The summed E-state index contributed by atoms with van der Waals surface area (Å²) >= 11 is 1.30. The lowest BCUT2D eigenvalue weighted by Crippen LogP contribution is -2.28. The summed E-state index contributed by atoms with van der Waals surface area (Å²) in [4.78, 5) is 8.11. The van der Waals surface area contributed by atoms with Crippen LogP contribution in [0.3, 0.4) is 0 Å². The second kappa shape index (κ2) is 6.69. The third-order valence-electron chi connectivity index (χ3n) is 3.16. The topological polar surface area (TPSA) is 86.9 Å². The molecule has 21 heavy (non-hydrogen) atoms. The van der Waals surface area contributed by atoms with Gasteiger partial charge in [-0.1, -0.05) is 6.92 Å². The van der Waals surface area contributed by atoms with Crippen LogP contribution in [0.4, 0.5) is 0 Å². The number of H-pyrrole nitrogens is 1. The van der Waals surface area contributed by atoms with Gasteiger partial charge in [-0.25, -0.2) is 13.4 Å². The maximum absolute atomic E-state index is 12.5. The molecule has 0 aliphatic heterocycles. The fourth-order valence-corrected chi connectivity index (χ4v) is 4.90. The summed E-state index contributed by atoms with van der Waals surface area (Å²) < 4.78 is 28.1. The van der Waals surface area contributed by atoms with E-state index < -0.39 is 10.0 Å². The maximum atomic E-state index is 12.5. The molecule has 0 saturated carbocycles. The first-order valence-corrected chi connectivity index (χ1v) is 9.03. The fourth-order valence-electron chi connectivity index (χ4n) is 2.00. The van der Waals surface area contributed by atoms with Gasteiger partial charge in [0.1, 0.15) is 10.0 Å². The minimum absolute atomic E-state index is 0.343. The van der Waals surface area contributed by atoms with Crippen LogP contribution >= 0.6 is 11.3 Å². The molecule has 0 spiro atoms. The van der Waals surface area contributed by atoms with Crippen molar-refractivity contribution in [2.75, 3.05) is 7.05 Å². The Bertz CT molecular complexity index is 677. The molecule has 2 aromatic rings. The summed E-state index contributed by atoms with van der Waals surface area (Å²) in [5.41, 5.74) is 0.987. The molecule has 8 heteroatoms. The summed E-state index contributed by atoms with van der Waals surface area (Å²) in [6.45, 7) is 4.51. The Morgan fingerprint density at radius 3 is 2.81 bits per heavy atom. The van der Waals surface area contributed by atoms with Crippen LogP contribution in [0.5, 0.6) is 0 Å². The highest BCUT2D eigenvalue weighted by atomic mass is 32.2. The molecule has 0 aliphatic carbocycles. The summed E-state index contributed by atoms with van der Waals surface area (Å²) in [6.07, 6.45) is 3.93. The zero-order valence-corrected chi connectivity index (χ0v) is 13.9. The van der Waals surface area contributed by atoms with Crippen molar-refractivity contribution in [2.45, 2.75) is 37.1 Å². The van der Waals surface area contributed by atoms with E-state index in [1.54, 1.807) is 18.5 Å². The number of rotatable bonds is 7. The van der Waals surface area contributed by atoms with Crippen molar-refractivity contribution in [1.82, 2.24) is 20.0 Å². The highest BCUT2D eigenvalue weighted by Gasteiger charge is 2.24. The molecule has 116 valence electrons. The lowest BCUT2D eigenvalue weighted by atomic mass is 10.2. The largest absolute Gasteiger partial charge is 0.347 e. The molecule has 0 radical (unpaired) electrons. The first-order valence-electron chi connectivity index (χ1n) is 6.73. The predicted molar refractivity (Wildman–Crippen MR) is 83.8 cm³/mol. The first kappa shape index (κ1) is 16.2. The zero-order valence-electron chi connectivity index (χ0n) is 12.3. The Balaban J connectivity index is 2.23. The quantitative estimate of drug-likeness (QED) is 0.725. The maximum Gasteiger partial charge on any atom is 0.250 e. The number of aryl methyl sites for hydroxylation is 1. The van der Waals surface area contributed by atoms with Crippen molar-refractivity contribution in [3.05, 3.63) is 34.7 Å². The van der Waals surface area contributed by atoms with E-state index in [9.17, 15) is 8.42 Å². The molecule has 1 unspecified atom stereocenters. The number of thiophene rings is 1. The van der Waals surface area contributed by atoms with E-state index in [0.29, 0.717) is 23.0 Å². The highest BCUT2D eigenvalue weighted by Crippen LogP contribution is 2.27. The SMILES string of the molecule is CCC(NS(=O)(=O)c1cc(C)c(CNC)s1)c1ncc[nH]1. The lowest BCUT2D eigenvalue weighted by molar-refractivity contribution is 0.541. The Morgan fingerprint density at radius 2 is 2.24 bits per heavy atom. The Labute approximate surface area is 129 Å². The number of aromatic nitrogens is 2. The minimum Gasteiger partial charge on any atom is -0.347 e. The molecular weight excluding hydrogens is 308 g/mol. The first-order chi connectivity index (χ1) is 9.97. The van der Waals surface area contributed by atoms with Crippen LogP contribution in [0, 0.1) is 6.92 Å². The van der Waals surface area contributed by atoms with Crippen LogP contribution in [-0.2, 0) is 16.6 Å². The van der Waals surface area contributed by atoms with Gasteiger partial charge < -0.3 is 10.3 Å². The second-order valence-corrected chi connectivity index (χ2v) is 7.84. The van der Waals surface area contributed by atoms with Gasteiger partial charge in [0.05, 0.1) is 6.04 Å². The average Bonchev–Trinajstić information content (AvgIpc) is 3.07. The number of nitrogens with zero attached hydrogens (tertiary/aromatic N) is 1. The minimum atomic E-state index is -3.54. The van der Waals surface area contributed by atoms with E-state index >= 15 is 0 Å². The van der Waals surface area contributed by atoms with E-state index in [-0.39, 0.29) is 6.04 Å². The number of hydrogen-bond acceptors (Lipinski definition) is 5. The summed E-state index contributed by atoms with van der Waals surface area (Å²) in [5.74, 6) is 0.629.